The van der Waals surface area contributed by atoms with Crippen LogP contribution in [-0.4, -0.2) is 49.2 Å². The third-order valence-electron chi connectivity index (χ3n) is 4.95. The Kier molecular flexibility index (Phi) is 7.09. The molecule has 0 bridgehead atoms. The minimum Gasteiger partial charge on any atom is -0.507 e. The van der Waals surface area contributed by atoms with Crippen molar-refractivity contribution in [1.82, 2.24) is 19.7 Å². The van der Waals surface area contributed by atoms with Gasteiger partial charge in [0, 0.05) is 19.7 Å². The highest BCUT2D eigenvalue weighted by atomic mass is 31.1. The molecule has 2 aromatic carbocycles. The van der Waals surface area contributed by atoms with Crippen LogP contribution in [0.2, 0.25) is 0 Å². The van der Waals surface area contributed by atoms with E-state index < -0.39 is 14.7 Å². The van der Waals surface area contributed by atoms with Crippen LogP contribution in [-0.2, 0) is 0 Å². The van der Waals surface area contributed by atoms with E-state index in [4.69, 9.17) is 4.52 Å². The van der Waals surface area contributed by atoms with Crippen LogP contribution >= 0.6 is 9.03 Å². The molecule has 1 atom stereocenters. The van der Waals surface area contributed by atoms with Gasteiger partial charge in [0.05, 0.1) is 16.8 Å². The Bertz CT molecular complexity index is 1140. The SMILES string of the molecule is CCCCN(C)C(=O)c1cc(-c2n[nH]c(=O)n2-c2ccccc2C)c(O)cc1OPO. The van der Waals surface area contributed by atoms with Gasteiger partial charge in [-0.3, -0.25) is 4.79 Å². The molecule has 3 aromatic rings. The van der Waals surface area contributed by atoms with Gasteiger partial charge in [0.15, 0.2) is 5.82 Å². The Labute approximate surface area is 181 Å². The van der Waals surface area contributed by atoms with Crippen LogP contribution < -0.4 is 10.2 Å². The van der Waals surface area contributed by atoms with Gasteiger partial charge in [0.25, 0.3) is 5.91 Å². The van der Waals surface area contributed by atoms with Crippen molar-refractivity contribution in [3.05, 3.63) is 58.0 Å². The van der Waals surface area contributed by atoms with Gasteiger partial charge in [-0.25, -0.2) is 14.5 Å². The number of nitrogens with zero attached hydrogens (tertiary/aromatic N) is 3. The fraction of sp³-hybridized carbons (Fsp3) is 0.286. The maximum atomic E-state index is 13.0. The van der Waals surface area contributed by atoms with Gasteiger partial charge < -0.3 is 19.4 Å². The number of para-hydroxylation sites is 1. The molecular weight excluding hydrogens is 419 g/mol. The number of nitrogens with one attached hydrogen (secondary N) is 1. The van der Waals surface area contributed by atoms with E-state index >= 15 is 0 Å². The highest BCUT2D eigenvalue weighted by Gasteiger charge is 2.24. The number of aromatic amines is 1. The lowest BCUT2D eigenvalue weighted by Gasteiger charge is -2.19. The third kappa shape index (κ3) is 4.62. The van der Waals surface area contributed by atoms with Gasteiger partial charge in [-0.05, 0) is 31.0 Å². The summed E-state index contributed by atoms with van der Waals surface area (Å²) in [6.45, 7) is 4.43. The van der Waals surface area contributed by atoms with Crippen LogP contribution in [0.25, 0.3) is 17.1 Å². The molecule has 1 aromatic heterocycles. The maximum Gasteiger partial charge on any atom is 0.348 e. The molecule has 0 aliphatic rings. The zero-order valence-electron chi connectivity index (χ0n) is 17.5. The van der Waals surface area contributed by atoms with Crippen LogP contribution in [0.1, 0.15) is 35.7 Å². The quantitative estimate of drug-likeness (QED) is 0.460. The number of hydrogen-bond donors (Lipinski definition) is 3. The normalized spacial score (nSPS) is 11.2. The van der Waals surface area contributed by atoms with Crippen LogP contribution in [0.15, 0.2) is 41.2 Å². The van der Waals surface area contributed by atoms with Crippen LogP contribution in [0.5, 0.6) is 11.5 Å². The molecule has 1 amide bonds. The summed E-state index contributed by atoms with van der Waals surface area (Å²) in [5.41, 5.74) is 1.29. The van der Waals surface area contributed by atoms with E-state index in [2.05, 4.69) is 10.2 Å². The number of aryl methyl sites for hydroxylation is 1. The average molecular weight is 444 g/mol. The summed E-state index contributed by atoms with van der Waals surface area (Å²) in [6.07, 6.45) is 1.76. The first-order valence-corrected chi connectivity index (χ1v) is 10.7. The van der Waals surface area contributed by atoms with Crippen LogP contribution in [0, 0.1) is 6.92 Å². The Hall–Kier alpha value is -3.16. The van der Waals surface area contributed by atoms with Crippen LogP contribution in [0.3, 0.4) is 0 Å². The van der Waals surface area contributed by atoms with Crippen molar-refractivity contribution in [3.63, 3.8) is 0 Å². The van der Waals surface area contributed by atoms with Crippen LogP contribution in [0.4, 0.5) is 0 Å². The minimum atomic E-state index is -0.903. The van der Waals surface area contributed by atoms with Gasteiger partial charge in [-0.15, -0.1) is 0 Å². The highest BCUT2D eigenvalue weighted by molar-refractivity contribution is 7.25. The number of H-pyrrole nitrogens is 1. The molecule has 1 unspecified atom stereocenters. The number of benzene rings is 2. The summed E-state index contributed by atoms with van der Waals surface area (Å²) >= 11 is 0. The van der Waals surface area contributed by atoms with Crippen molar-refractivity contribution in [2.45, 2.75) is 26.7 Å². The number of rotatable bonds is 8. The Balaban J connectivity index is 2.17. The standard InChI is InChI=1S/C21H25N4O5P/c1-4-5-10-24(3)20(27)15-11-14(17(26)12-18(15)30-31-29)19-22-23-21(28)25(19)16-9-7-6-8-13(16)2/h6-9,11-12,26,29,31H,4-5,10H2,1-3H3,(H,23,28). The summed E-state index contributed by atoms with van der Waals surface area (Å²) in [4.78, 5) is 36.4. The Morgan fingerprint density at radius 1 is 1.32 bits per heavy atom. The smallest absolute Gasteiger partial charge is 0.348 e. The third-order valence-corrected chi connectivity index (χ3v) is 5.26. The van der Waals surface area contributed by atoms with Crippen molar-refractivity contribution in [1.29, 1.82) is 0 Å². The molecule has 1 heterocycles. The lowest BCUT2D eigenvalue weighted by atomic mass is 10.1. The second-order valence-electron chi connectivity index (χ2n) is 7.11. The van der Waals surface area contributed by atoms with Crippen molar-refractivity contribution >= 4 is 14.9 Å². The summed E-state index contributed by atoms with van der Waals surface area (Å²) in [5, 5.41) is 17.2. The van der Waals surface area contributed by atoms with Crippen molar-refractivity contribution in [3.8, 4) is 28.6 Å². The van der Waals surface area contributed by atoms with Gasteiger partial charge in [0.1, 0.15) is 11.5 Å². The first kappa shape index (κ1) is 22.5. The molecule has 0 fully saturated rings. The number of unbranched alkanes of at least 4 members (excludes halogenated alkanes) is 1. The summed E-state index contributed by atoms with van der Waals surface area (Å²) in [7, 11) is 0.771. The molecule has 9 nitrogen and oxygen atoms in total. The fourth-order valence-electron chi connectivity index (χ4n) is 3.27. The first-order chi connectivity index (χ1) is 14.9. The number of phenolic OH excluding ortho intramolecular Hbond substituents is 1. The van der Waals surface area contributed by atoms with Crippen molar-refractivity contribution in [2.75, 3.05) is 13.6 Å². The summed E-state index contributed by atoms with van der Waals surface area (Å²) < 4.78 is 6.54. The molecule has 31 heavy (non-hydrogen) atoms. The zero-order valence-corrected chi connectivity index (χ0v) is 18.5. The predicted molar refractivity (Wildman–Crippen MR) is 119 cm³/mol. The highest BCUT2D eigenvalue weighted by Crippen LogP contribution is 2.37. The Morgan fingerprint density at radius 2 is 2.06 bits per heavy atom. The lowest BCUT2D eigenvalue weighted by Crippen LogP contribution is -2.28. The molecule has 3 rings (SSSR count). The van der Waals surface area contributed by atoms with Gasteiger partial charge in [-0.1, -0.05) is 31.5 Å². The summed E-state index contributed by atoms with van der Waals surface area (Å²) in [6, 6.07) is 9.95. The van der Waals surface area contributed by atoms with Gasteiger partial charge >= 0.3 is 5.69 Å². The number of amides is 1. The van der Waals surface area contributed by atoms with E-state index in [1.807, 2.05) is 26.0 Å². The van der Waals surface area contributed by atoms with E-state index in [9.17, 15) is 19.6 Å². The predicted octanol–water partition coefficient (Wildman–Crippen LogP) is 2.99. The topological polar surface area (TPSA) is 121 Å². The molecule has 0 aliphatic heterocycles. The van der Waals surface area contributed by atoms with Crippen molar-refractivity contribution in [2.24, 2.45) is 0 Å². The summed E-state index contributed by atoms with van der Waals surface area (Å²) in [5.74, 6) is -0.367. The number of carbonyl (C=O) groups is 1. The molecular formula is C21H25N4O5P. The molecule has 10 heteroatoms. The van der Waals surface area contributed by atoms with E-state index in [1.165, 1.54) is 16.7 Å². The van der Waals surface area contributed by atoms with E-state index in [-0.39, 0.29) is 34.4 Å². The number of hydrogen-bond acceptors (Lipinski definition) is 6. The van der Waals surface area contributed by atoms with Gasteiger partial charge in [-0.2, -0.15) is 5.10 Å². The molecule has 0 aliphatic carbocycles. The first-order valence-electron chi connectivity index (χ1n) is 9.81. The van der Waals surface area contributed by atoms with E-state index in [0.717, 1.165) is 18.4 Å². The molecule has 3 N–H and O–H groups in total. The fourth-order valence-corrected chi connectivity index (χ4v) is 3.53. The zero-order chi connectivity index (χ0) is 22.5. The number of carbonyl (C=O) groups excluding carboxylic acids is 1. The largest absolute Gasteiger partial charge is 0.507 e. The monoisotopic (exact) mass is 444 g/mol. The lowest BCUT2D eigenvalue weighted by molar-refractivity contribution is 0.0791. The molecule has 0 saturated heterocycles. The maximum absolute atomic E-state index is 13.0. The minimum absolute atomic E-state index is 0.0516. The number of phenols is 1. The molecule has 0 radical (unpaired) electrons. The molecule has 164 valence electrons. The molecule has 0 spiro atoms. The van der Waals surface area contributed by atoms with E-state index in [0.29, 0.717) is 12.2 Å². The second-order valence-corrected chi connectivity index (χ2v) is 7.50. The number of aromatic hydroxyl groups is 1. The molecule has 0 saturated carbocycles. The van der Waals surface area contributed by atoms with Gasteiger partial charge in [0.2, 0.25) is 9.03 Å². The van der Waals surface area contributed by atoms with Crippen molar-refractivity contribution < 1.29 is 19.3 Å². The second kappa shape index (κ2) is 9.76. The Morgan fingerprint density at radius 3 is 2.74 bits per heavy atom. The van der Waals surface area contributed by atoms with E-state index in [1.54, 1.807) is 24.1 Å². The average Bonchev–Trinajstić information content (AvgIpc) is 3.13. The number of aromatic nitrogens is 3.